The highest BCUT2D eigenvalue weighted by atomic mass is 16.6. The molecule has 6 nitrogen and oxygen atoms in total. The lowest BCUT2D eigenvalue weighted by Gasteiger charge is -2.08. The van der Waals surface area contributed by atoms with E-state index in [-0.39, 0.29) is 10.6 Å². The minimum atomic E-state index is -0.353. The summed E-state index contributed by atoms with van der Waals surface area (Å²) in [6.45, 7) is 2.37. The molecule has 0 fully saturated rings. The van der Waals surface area contributed by atoms with Gasteiger partial charge in [0, 0.05) is 23.4 Å². The first-order chi connectivity index (χ1) is 10.1. The highest BCUT2D eigenvalue weighted by molar-refractivity contribution is 5.55. The standard InChI is InChI=1S/C15H17N3O3/c1-3-11-7-8-12(9-14(11)18(19)20)16-10-13-5-4-6-15(17-13)21-2/h4-9,16H,3,10H2,1-2H3. The molecule has 0 aliphatic carbocycles. The first kappa shape index (κ1) is 14.8. The molecule has 2 aromatic rings. The zero-order chi connectivity index (χ0) is 15.2. The van der Waals surface area contributed by atoms with Crippen LogP contribution in [0.25, 0.3) is 0 Å². The van der Waals surface area contributed by atoms with Crippen molar-refractivity contribution in [2.45, 2.75) is 19.9 Å². The summed E-state index contributed by atoms with van der Waals surface area (Å²) >= 11 is 0. The SMILES string of the molecule is CCc1ccc(NCc2cccc(OC)n2)cc1[N+](=O)[O-]. The van der Waals surface area contributed by atoms with Gasteiger partial charge in [-0.3, -0.25) is 10.1 Å². The number of nitrogens with zero attached hydrogens (tertiary/aromatic N) is 2. The van der Waals surface area contributed by atoms with Crippen molar-refractivity contribution < 1.29 is 9.66 Å². The molecule has 0 bridgehead atoms. The smallest absolute Gasteiger partial charge is 0.274 e. The number of ether oxygens (including phenoxy) is 1. The van der Waals surface area contributed by atoms with Gasteiger partial charge in [0.15, 0.2) is 0 Å². The van der Waals surface area contributed by atoms with Crippen LogP contribution in [0.2, 0.25) is 0 Å². The number of rotatable bonds is 6. The van der Waals surface area contributed by atoms with E-state index in [1.54, 1.807) is 25.3 Å². The zero-order valence-electron chi connectivity index (χ0n) is 12.0. The van der Waals surface area contributed by atoms with Crippen molar-refractivity contribution in [3.63, 3.8) is 0 Å². The van der Waals surface area contributed by atoms with Gasteiger partial charge in [-0.15, -0.1) is 0 Å². The molecule has 0 aliphatic heterocycles. The van der Waals surface area contributed by atoms with E-state index in [4.69, 9.17) is 4.74 Å². The molecule has 0 unspecified atom stereocenters. The highest BCUT2D eigenvalue weighted by Crippen LogP contribution is 2.24. The summed E-state index contributed by atoms with van der Waals surface area (Å²) in [7, 11) is 1.56. The van der Waals surface area contributed by atoms with E-state index in [1.165, 1.54) is 0 Å². The second kappa shape index (κ2) is 6.69. The molecular weight excluding hydrogens is 270 g/mol. The fourth-order valence-electron chi connectivity index (χ4n) is 2.01. The van der Waals surface area contributed by atoms with E-state index in [0.29, 0.717) is 24.5 Å². The third-order valence-corrected chi connectivity index (χ3v) is 3.13. The molecular formula is C15H17N3O3. The molecule has 1 heterocycles. The molecule has 1 aromatic heterocycles. The van der Waals surface area contributed by atoms with Gasteiger partial charge in [-0.25, -0.2) is 4.98 Å². The normalized spacial score (nSPS) is 10.2. The Morgan fingerprint density at radius 1 is 1.33 bits per heavy atom. The van der Waals surface area contributed by atoms with E-state index < -0.39 is 0 Å². The average molecular weight is 287 g/mol. The van der Waals surface area contributed by atoms with Crippen molar-refractivity contribution in [3.8, 4) is 5.88 Å². The second-order valence-corrected chi connectivity index (χ2v) is 4.48. The second-order valence-electron chi connectivity index (χ2n) is 4.48. The van der Waals surface area contributed by atoms with Crippen LogP contribution in [0.1, 0.15) is 18.2 Å². The van der Waals surface area contributed by atoms with Gasteiger partial charge in [0.2, 0.25) is 5.88 Å². The van der Waals surface area contributed by atoms with Gasteiger partial charge in [-0.2, -0.15) is 0 Å². The number of methoxy groups -OCH3 is 1. The number of nitro benzene ring substituents is 1. The molecule has 6 heteroatoms. The number of nitrogens with one attached hydrogen (secondary N) is 1. The van der Waals surface area contributed by atoms with Gasteiger partial charge >= 0.3 is 0 Å². The lowest BCUT2D eigenvalue weighted by atomic mass is 10.1. The summed E-state index contributed by atoms with van der Waals surface area (Å²) in [5, 5.41) is 14.2. The molecule has 0 saturated heterocycles. The maximum Gasteiger partial charge on any atom is 0.274 e. The van der Waals surface area contributed by atoms with Gasteiger partial charge in [-0.1, -0.05) is 19.1 Å². The van der Waals surface area contributed by atoms with Gasteiger partial charge in [0.05, 0.1) is 24.3 Å². The Hall–Kier alpha value is -2.63. The number of pyridine rings is 1. The van der Waals surface area contributed by atoms with Crippen molar-refractivity contribution in [2.75, 3.05) is 12.4 Å². The van der Waals surface area contributed by atoms with Gasteiger partial charge in [-0.05, 0) is 18.6 Å². The number of anilines is 1. The molecule has 0 atom stereocenters. The maximum absolute atomic E-state index is 11.0. The molecule has 2 rings (SSSR count). The zero-order valence-corrected chi connectivity index (χ0v) is 12.0. The van der Waals surface area contributed by atoms with Crippen molar-refractivity contribution in [1.82, 2.24) is 4.98 Å². The van der Waals surface area contributed by atoms with Crippen LogP contribution in [0, 0.1) is 10.1 Å². The molecule has 0 radical (unpaired) electrons. The summed E-state index contributed by atoms with van der Waals surface area (Å²) in [4.78, 5) is 15.0. The Labute approximate surface area is 122 Å². The molecule has 110 valence electrons. The predicted molar refractivity (Wildman–Crippen MR) is 80.6 cm³/mol. The fourth-order valence-corrected chi connectivity index (χ4v) is 2.01. The third kappa shape index (κ3) is 3.68. The van der Waals surface area contributed by atoms with Crippen LogP contribution in [0.4, 0.5) is 11.4 Å². The Morgan fingerprint density at radius 3 is 2.81 bits per heavy atom. The van der Waals surface area contributed by atoms with Crippen LogP contribution in [0.15, 0.2) is 36.4 Å². The largest absolute Gasteiger partial charge is 0.481 e. The van der Waals surface area contributed by atoms with Crippen LogP contribution in [0.3, 0.4) is 0 Å². The van der Waals surface area contributed by atoms with Crippen molar-refractivity contribution in [3.05, 3.63) is 57.8 Å². The molecule has 0 saturated carbocycles. The summed E-state index contributed by atoms with van der Waals surface area (Å²) in [5.74, 6) is 0.543. The van der Waals surface area contributed by atoms with Crippen LogP contribution < -0.4 is 10.1 Å². The fraction of sp³-hybridized carbons (Fsp3) is 0.267. The Bertz CT molecular complexity index is 644. The quantitative estimate of drug-likeness (QED) is 0.652. The summed E-state index contributed by atoms with van der Waals surface area (Å²) in [6.07, 6.45) is 0.633. The number of aromatic nitrogens is 1. The van der Waals surface area contributed by atoms with Crippen LogP contribution >= 0.6 is 0 Å². The highest BCUT2D eigenvalue weighted by Gasteiger charge is 2.12. The number of hydrogen-bond acceptors (Lipinski definition) is 5. The van der Waals surface area contributed by atoms with Gasteiger partial charge in [0.25, 0.3) is 5.69 Å². The minimum absolute atomic E-state index is 0.140. The Morgan fingerprint density at radius 2 is 2.14 bits per heavy atom. The van der Waals surface area contributed by atoms with E-state index in [1.807, 2.05) is 25.1 Å². The lowest BCUT2D eigenvalue weighted by Crippen LogP contribution is -2.03. The van der Waals surface area contributed by atoms with E-state index in [9.17, 15) is 10.1 Å². The van der Waals surface area contributed by atoms with Gasteiger partial charge in [0.1, 0.15) is 0 Å². The molecule has 0 spiro atoms. The third-order valence-electron chi connectivity index (χ3n) is 3.13. The van der Waals surface area contributed by atoms with E-state index in [2.05, 4.69) is 10.3 Å². The molecule has 0 aliphatic rings. The molecule has 1 aromatic carbocycles. The van der Waals surface area contributed by atoms with Crippen molar-refractivity contribution >= 4 is 11.4 Å². The first-order valence-corrected chi connectivity index (χ1v) is 6.65. The molecule has 0 amide bonds. The Kier molecular flexibility index (Phi) is 4.71. The number of aryl methyl sites for hydroxylation is 1. The number of nitro groups is 1. The van der Waals surface area contributed by atoms with Gasteiger partial charge < -0.3 is 10.1 Å². The Balaban J connectivity index is 2.12. The maximum atomic E-state index is 11.0. The summed E-state index contributed by atoms with van der Waals surface area (Å²) in [6, 6.07) is 10.7. The first-order valence-electron chi connectivity index (χ1n) is 6.65. The minimum Gasteiger partial charge on any atom is -0.481 e. The van der Waals surface area contributed by atoms with E-state index in [0.717, 1.165) is 11.3 Å². The number of benzene rings is 1. The average Bonchev–Trinajstić information content (AvgIpc) is 2.52. The topological polar surface area (TPSA) is 77.3 Å². The molecule has 1 N–H and O–H groups in total. The predicted octanol–water partition coefficient (Wildman–Crippen LogP) is 3.17. The summed E-state index contributed by atoms with van der Waals surface area (Å²) in [5.41, 5.74) is 2.37. The van der Waals surface area contributed by atoms with Crippen LogP contribution in [-0.2, 0) is 13.0 Å². The van der Waals surface area contributed by atoms with Crippen molar-refractivity contribution in [1.29, 1.82) is 0 Å². The number of hydrogen-bond donors (Lipinski definition) is 1. The summed E-state index contributed by atoms with van der Waals surface area (Å²) < 4.78 is 5.06. The van der Waals surface area contributed by atoms with E-state index >= 15 is 0 Å². The van der Waals surface area contributed by atoms with Crippen LogP contribution in [-0.4, -0.2) is 17.0 Å². The van der Waals surface area contributed by atoms with Crippen LogP contribution in [0.5, 0.6) is 5.88 Å². The lowest BCUT2D eigenvalue weighted by molar-refractivity contribution is -0.385. The van der Waals surface area contributed by atoms with Crippen molar-refractivity contribution in [2.24, 2.45) is 0 Å². The molecule has 21 heavy (non-hydrogen) atoms. The monoisotopic (exact) mass is 287 g/mol.